The number of H-pyrrole nitrogens is 1. The normalized spacial score (nSPS) is 21.6. The van der Waals surface area contributed by atoms with Gasteiger partial charge in [0.05, 0.1) is 16.6 Å². The minimum Gasteiger partial charge on any atom is -0.348 e. The summed E-state index contributed by atoms with van der Waals surface area (Å²) in [6.07, 6.45) is 3.90. The van der Waals surface area contributed by atoms with Gasteiger partial charge in [-0.1, -0.05) is 0 Å². The van der Waals surface area contributed by atoms with Crippen LogP contribution in [0.5, 0.6) is 0 Å². The second-order valence-corrected chi connectivity index (χ2v) is 9.84. The molecular formula is C24H28N6OS. The van der Waals surface area contributed by atoms with Crippen molar-refractivity contribution >= 4 is 34.3 Å². The van der Waals surface area contributed by atoms with Gasteiger partial charge in [-0.15, -0.1) is 11.8 Å². The summed E-state index contributed by atoms with van der Waals surface area (Å²) >= 11 is 1.91. The molecule has 0 radical (unpaired) electrons. The van der Waals surface area contributed by atoms with Crippen molar-refractivity contribution in [3.05, 3.63) is 47.8 Å². The van der Waals surface area contributed by atoms with Gasteiger partial charge in [0.1, 0.15) is 5.69 Å². The van der Waals surface area contributed by atoms with E-state index in [1.54, 1.807) is 6.20 Å². The lowest BCUT2D eigenvalue weighted by atomic mass is 10.0. The van der Waals surface area contributed by atoms with Crippen LogP contribution < -0.4 is 5.32 Å². The van der Waals surface area contributed by atoms with Crippen LogP contribution in [-0.2, 0) is 0 Å². The van der Waals surface area contributed by atoms with E-state index in [1.165, 1.54) is 5.71 Å². The van der Waals surface area contributed by atoms with E-state index < -0.39 is 0 Å². The highest BCUT2D eigenvalue weighted by molar-refractivity contribution is 8.01. The van der Waals surface area contributed by atoms with Gasteiger partial charge in [-0.3, -0.25) is 24.8 Å². The predicted molar refractivity (Wildman–Crippen MR) is 130 cm³/mol. The lowest BCUT2D eigenvalue weighted by molar-refractivity contribution is 0.0905. The number of carbonyl (C=O) groups is 1. The summed E-state index contributed by atoms with van der Waals surface area (Å²) in [5.74, 6) is 0.854. The van der Waals surface area contributed by atoms with E-state index >= 15 is 0 Å². The molecule has 2 N–H and O–H groups in total. The van der Waals surface area contributed by atoms with Crippen LogP contribution in [0.25, 0.3) is 22.2 Å². The van der Waals surface area contributed by atoms with Gasteiger partial charge < -0.3 is 5.32 Å². The molecule has 2 aliphatic rings. The van der Waals surface area contributed by atoms with Gasteiger partial charge in [-0.2, -0.15) is 5.10 Å². The molecule has 3 aromatic rings. The molecule has 1 fully saturated rings. The van der Waals surface area contributed by atoms with Crippen molar-refractivity contribution in [1.29, 1.82) is 0 Å². The average molecular weight is 449 g/mol. The van der Waals surface area contributed by atoms with Crippen LogP contribution in [0.4, 0.5) is 0 Å². The third-order valence-electron chi connectivity index (χ3n) is 6.32. The van der Waals surface area contributed by atoms with E-state index in [9.17, 15) is 4.79 Å². The fraction of sp³-hybridized carbons (Fsp3) is 0.417. The molecule has 7 nitrogen and oxygen atoms in total. The quantitative estimate of drug-likeness (QED) is 0.622. The lowest BCUT2D eigenvalue weighted by Gasteiger charge is -2.34. The molecule has 2 unspecified atom stereocenters. The number of hydrogen-bond donors (Lipinski definition) is 2. The van der Waals surface area contributed by atoms with E-state index in [-0.39, 0.29) is 11.9 Å². The summed E-state index contributed by atoms with van der Waals surface area (Å²) in [6, 6.07) is 9.86. The van der Waals surface area contributed by atoms with Crippen LogP contribution in [-0.4, -0.2) is 68.5 Å². The number of hydrogen-bond acceptors (Lipinski definition) is 6. The Bertz CT molecular complexity index is 1170. The first-order valence-electron chi connectivity index (χ1n) is 11.1. The Balaban J connectivity index is 1.29. The zero-order chi connectivity index (χ0) is 22.1. The van der Waals surface area contributed by atoms with Gasteiger partial charge >= 0.3 is 0 Å². The third kappa shape index (κ3) is 4.42. The number of amides is 1. The minimum absolute atomic E-state index is 0.0233. The number of aryl methyl sites for hydroxylation is 1. The van der Waals surface area contributed by atoms with Gasteiger partial charge in [-0.05, 0) is 63.6 Å². The van der Waals surface area contributed by atoms with Crippen molar-refractivity contribution in [3.8, 4) is 11.3 Å². The number of nitrogens with one attached hydrogen (secondary N) is 2. The molecule has 32 heavy (non-hydrogen) atoms. The molecule has 1 amide bonds. The summed E-state index contributed by atoms with van der Waals surface area (Å²) in [5, 5.41) is 12.3. The molecule has 1 saturated heterocycles. The van der Waals surface area contributed by atoms with Crippen LogP contribution >= 0.6 is 11.8 Å². The predicted octanol–water partition coefficient (Wildman–Crippen LogP) is 3.66. The number of likely N-dealkylation sites (tertiary alicyclic amines) is 1. The van der Waals surface area contributed by atoms with Crippen LogP contribution in [0.1, 0.15) is 35.8 Å². The van der Waals surface area contributed by atoms with Gasteiger partial charge in [0, 0.05) is 53.2 Å². The van der Waals surface area contributed by atoms with E-state index in [0.717, 1.165) is 66.2 Å². The topological polar surface area (TPSA) is 86.3 Å². The summed E-state index contributed by atoms with van der Waals surface area (Å²) in [4.78, 5) is 24.3. The van der Waals surface area contributed by atoms with Crippen LogP contribution in [0.2, 0.25) is 0 Å². The second kappa shape index (κ2) is 9.03. The summed E-state index contributed by atoms with van der Waals surface area (Å²) in [5.41, 5.74) is 5.60. The van der Waals surface area contributed by atoms with Crippen molar-refractivity contribution < 1.29 is 4.79 Å². The Morgan fingerprint density at radius 1 is 1.28 bits per heavy atom. The molecule has 166 valence electrons. The van der Waals surface area contributed by atoms with Gasteiger partial charge in [0.15, 0.2) is 0 Å². The van der Waals surface area contributed by atoms with E-state index in [2.05, 4.69) is 37.3 Å². The molecule has 0 bridgehead atoms. The fourth-order valence-electron chi connectivity index (χ4n) is 4.55. The highest BCUT2D eigenvalue weighted by Crippen LogP contribution is 2.27. The Hall–Kier alpha value is -2.71. The van der Waals surface area contributed by atoms with Crippen LogP contribution in [0.15, 0.2) is 41.5 Å². The van der Waals surface area contributed by atoms with Gasteiger partial charge in [0.2, 0.25) is 0 Å². The number of aliphatic imine (C=N–C) groups is 1. The smallest absolute Gasteiger partial charge is 0.251 e. The molecule has 5 rings (SSSR count). The first kappa shape index (κ1) is 21.2. The SMILES string of the molecule is CC1=NCSC1CN1CCCC(NC(=O)c2ccc3[nH]nc(-c4ccnc(C)c4)c3c2)C1. The number of nitrogens with zero attached hydrogens (tertiary/aromatic N) is 4. The summed E-state index contributed by atoms with van der Waals surface area (Å²) < 4.78 is 0. The number of carbonyl (C=O) groups excluding carboxylic acids is 1. The highest BCUT2D eigenvalue weighted by Gasteiger charge is 2.26. The number of pyridine rings is 1. The van der Waals surface area contributed by atoms with Crippen molar-refractivity contribution in [1.82, 2.24) is 25.4 Å². The Morgan fingerprint density at radius 2 is 2.19 bits per heavy atom. The Labute approximate surface area is 192 Å². The van der Waals surface area contributed by atoms with E-state index in [1.807, 2.05) is 49.0 Å². The zero-order valence-corrected chi connectivity index (χ0v) is 19.3. The molecule has 0 aliphatic carbocycles. The number of aromatic amines is 1. The average Bonchev–Trinajstić information content (AvgIpc) is 3.39. The zero-order valence-electron chi connectivity index (χ0n) is 18.5. The monoisotopic (exact) mass is 448 g/mol. The van der Waals surface area contributed by atoms with Gasteiger partial charge in [0.25, 0.3) is 5.91 Å². The standard InChI is InChI=1S/C24H28N6OS/c1-15-10-17(7-8-25-15)23-20-11-18(5-6-21(20)28-29-23)24(31)27-19-4-3-9-30(12-19)13-22-16(2)26-14-32-22/h5-8,10-11,19,22H,3-4,9,12-14H2,1-2H3,(H,27,31)(H,28,29). The van der Waals surface area contributed by atoms with Crippen molar-refractivity contribution in [2.45, 2.75) is 38.0 Å². The maximum Gasteiger partial charge on any atom is 0.251 e. The van der Waals surface area contributed by atoms with Crippen molar-refractivity contribution in [3.63, 3.8) is 0 Å². The third-order valence-corrected chi connectivity index (χ3v) is 7.49. The maximum atomic E-state index is 13.1. The number of thioether (sulfide) groups is 1. The molecule has 0 spiro atoms. The molecule has 2 aromatic heterocycles. The first-order valence-corrected chi connectivity index (χ1v) is 12.2. The van der Waals surface area contributed by atoms with E-state index in [0.29, 0.717) is 10.8 Å². The molecule has 4 heterocycles. The molecule has 1 aromatic carbocycles. The van der Waals surface area contributed by atoms with Gasteiger partial charge in [-0.25, -0.2) is 0 Å². The number of rotatable bonds is 5. The molecule has 0 saturated carbocycles. The van der Waals surface area contributed by atoms with E-state index in [4.69, 9.17) is 0 Å². The van der Waals surface area contributed by atoms with Crippen molar-refractivity contribution in [2.24, 2.45) is 4.99 Å². The first-order chi connectivity index (χ1) is 15.6. The highest BCUT2D eigenvalue weighted by atomic mass is 32.2. The maximum absolute atomic E-state index is 13.1. The lowest BCUT2D eigenvalue weighted by Crippen LogP contribution is -2.49. The fourth-order valence-corrected chi connectivity index (χ4v) is 5.64. The number of benzene rings is 1. The Morgan fingerprint density at radius 3 is 3.00 bits per heavy atom. The largest absolute Gasteiger partial charge is 0.348 e. The van der Waals surface area contributed by atoms with Crippen molar-refractivity contribution in [2.75, 3.05) is 25.5 Å². The summed E-state index contributed by atoms with van der Waals surface area (Å²) in [6.45, 7) is 7.09. The van der Waals surface area contributed by atoms with Crippen LogP contribution in [0.3, 0.4) is 0 Å². The second-order valence-electron chi connectivity index (χ2n) is 8.67. The number of fused-ring (bicyclic) bond motifs is 1. The number of piperidine rings is 1. The Kier molecular flexibility index (Phi) is 5.97. The van der Waals surface area contributed by atoms with Crippen LogP contribution in [0, 0.1) is 6.92 Å². The molecule has 2 aliphatic heterocycles. The number of aromatic nitrogens is 3. The summed E-state index contributed by atoms with van der Waals surface area (Å²) in [7, 11) is 0. The molecule has 8 heteroatoms. The molecule has 2 atom stereocenters. The molecular weight excluding hydrogens is 420 g/mol. The minimum atomic E-state index is -0.0233.